The van der Waals surface area contributed by atoms with Crippen LogP contribution in [-0.2, 0) is 6.54 Å². The average molecular weight is 180 g/mol. The Morgan fingerprint density at radius 3 is 2.69 bits per heavy atom. The second-order valence-electron chi connectivity index (χ2n) is 3.99. The third kappa shape index (κ3) is 1.61. The molecule has 1 saturated carbocycles. The molecule has 1 fully saturated rings. The number of rotatable bonds is 3. The number of hydrogen-bond acceptors (Lipinski definition) is 3. The standard InChI is InChI=1S/C10H16N2O/c1-6(2)10-9(7-3-4-7)12-8(5-11)13-10/h6-7H,3-5,11H2,1-2H3. The summed E-state index contributed by atoms with van der Waals surface area (Å²) in [7, 11) is 0. The maximum absolute atomic E-state index is 5.59. The molecule has 2 N–H and O–H groups in total. The molecule has 0 spiro atoms. The average Bonchev–Trinajstić information content (AvgIpc) is 2.84. The molecule has 1 aromatic rings. The monoisotopic (exact) mass is 180 g/mol. The molecule has 1 aromatic heterocycles. The van der Waals surface area contributed by atoms with E-state index in [-0.39, 0.29) is 0 Å². The van der Waals surface area contributed by atoms with Crippen molar-refractivity contribution in [2.24, 2.45) is 5.73 Å². The van der Waals surface area contributed by atoms with Crippen molar-refractivity contribution in [3.63, 3.8) is 0 Å². The Kier molecular flexibility index (Phi) is 2.12. The van der Waals surface area contributed by atoms with Crippen LogP contribution in [0.3, 0.4) is 0 Å². The second-order valence-corrected chi connectivity index (χ2v) is 3.99. The van der Waals surface area contributed by atoms with Gasteiger partial charge in [-0.1, -0.05) is 13.8 Å². The quantitative estimate of drug-likeness (QED) is 0.775. The first-order valence-corrected chi connectivity index (χ1v) is 4.92. The van der Waals surface area contributed by atoms with Crippen LogP contribution in [0.1, 0.15) is 55.9 Å². The fourth-order valence-corrected chi connectivity index (χ4v) is 1.54. The summed E-state index contributed by atoms with van der Waals surface area (Å²) in [6, 6.07) is 0. The smallest absolute Gasteiger partial charge is 0.208 e. The van der Waals surface area contributed by atoms with Gasteiger partial charge < -0.3 is 10.2 Å². The van der Waals surface area contributed by atoms with E-state index in [0.717, 1.165) is 11.5 Å². The third-order valence-corrected chi connectivity index (χ3v) is 2.39. The lowest BCUT2D eigenvalue weighted by Gasteiger charge is -2.01. The minimum absolute atomic E-state index is 0.409. The highest BCUT2D eigenvalue weighted by molar-refractivity contribution is 5.22. The Bertz CT molecular complexity index is 280. The molecule has 3 heteroatoms. The van der Waals surface area contributed by atoms with Crippen molar-refractivity contribution in [1.82, 2.24) is 4.98 Å². The normalized spacial score (nSPS) is 16.9. The molecule has 0 unspecified atom stereocenters. The minimum Gasteiger partial charge on any atom is -0.444 e. The Balaban J connectivity index is 2.33. The zero-order valence-corrected chi connectivity index (χ0v) is 8.21. The molecule has 3 nitrogen and oxygen atoms in total. The molecule has 0 amide bonds. The highest BCUT2D eigenvalue weighted by Crippen LogP contribution is 2.42. The van der Waals surface area contributed by atoms with Crippen LogP contribution < -0.4 is 5.73 Å². The van der Waals surface area contributed by atoms with E-state index < -0.39 is 0 Å². The van der Waals surface area contributed by atoms with E-state index in [4.69, 9.17) is 10.2 Å². The summed E-state index contributed by atoms with van der Waals surface area (Å²) in [5.41, 5.74) is 6.66. The summed E-state index contributed by atoms with van der Waals surface area (Å²) in [6.45, 7) is 4.67. The zero-order chi connectivity index (χ0) is 9.42. The molecular formula is C10H16N2O. The topological polar surface area (TPSA) is 52.0 Å². The molecule has 2 rings (SSSR count). The molecule has 13 heavy (non-hydrogen) atoms. The Labute approximate surface area is 78.3 Å². The van der Waals surface area contributed by atoms with Gasteiger partial charge in [-0.25, -0.2) is 4.98 Å². The van der Waals surface area contributed by atoms with E-state index in [1.807, 2.05) is 0 Å². The summed E-state index contributed by atoms with van der Waals surface area (Å²) in [4.78, 5) is 4.42. The van der Waals surface area contributed by atoms with Gasteiger partial charge in [-0.3, -0.25) is 0 Å². The van der Waals surface area contributed by atoms with E-state index in [9.17, 15) is 0 Å². The van der Waals surface area contributed by atoms with Crippen LogP contribution in [0.5, 0.6) is 0 Å². The van der Waals surface area contributed by atoms with Gasteiger partial charge >= 0.3 is 0 Å². The Morgan fingerprint density at radius 2 is 2.23 bits per heavy atom. The number of aromatic nitrogens is 1. The second kappa shape index (κ2) is 3.14. The van der Waals surface area contributed by atoms with Gasteiger partial charge in [-0.2, -0.15) is 0 Å². The maximum Gasteiger partial charge on any atom is 0.208 e. The van der Waals surface area contributed by atoms with E-state index in [2.05, 4.69) is 18.8 Å². The van der Waals surface area contributed by atoms with Gasteiger partial charge in [0.1, 0.15) is 5.76 Å². The van der Waals surface area contributed by atoms with Crippen molar-refractivity contribution in [2.45, 2.75) is 45.1 Å². The first-order valence-electron chi connectivity index (χ1n) is 4.92. The fraction of sp³-hybridized carbons (Fsp3) is 0.700. The molecule has 0 atom stereocenters. The molecule has 0 aromatic carbocycles. The van der Waals surface area contributed by atoms with Crippen molar-refractivity contribution in [3.8, 4) is 0 Å². The first kappa shape index (κ1) is 8.75. The SMILES string of the molecule is CC(C)c1oc(CN)nc1C1CC1. The van der Waals surface area contributed by atoms with Crippen LogP contribution in [0.2, 0.25) is 0 Å². The van der Waals surface area contributed by atoms with Crippen molar-refractivity contribution in [2.75, 3.05) is 0 Å². The van der Waals surface area contributed by atoms with Crippen LogP contribution in [-0.4, -0.2) is 4.98 Å². The number of hydrogen-bond donors (Lipinski definition) is 1. The molecule has 0 radical (unpaired) electrons. The lowest BCUT2D eigenvalue weighted by Crippen LogP contribution is -1.96. The summed E-state index contributed by atoms with van der Waals surface area (Å²) >= 11 is 0. The van der Waals surface area contributed by atoms with E-state index >= 15 is 0 Å². The molecule has 0 saturated heterocycles. The van der Waals surface area contributed by atoms with Crippen LogP contribution in [0.25, 0.3) is 0 Å². The minimum atomic E-state index is 0.409. The van der Waals surface area contributed by atoms with E-state index in [1.165, 1.54) is 12.8 Å². The first-order chi connectivity index (χ1) is 6.22. The van der Waals surface area contributed by atoms with Gasteiger partial charge in [0.05, 0.1) is 12.2 Å². The Hall–Kier alpha value is -0.830. The van der Waals surface area contributed by atoms with E-state index in [1.54, 1.807) is 0 Å². The van der Waals surface area contributed by atoms with Crippen molar-refractivity contribution < 1.29 is 4.42 Å². The Morgan fingerprint density at radius 1 is 1.54 bits per heavy atom. The number of nitrogens with two attached hydrogens (primary N) is 1. The summed E-state index contributed by atoms with van der Waals surface area (Å²) in [6.07, 6.45) is 2.52. The van der Waals surface area contributed by atoms with Gasteiger partial charge in [-0.05, 0) is 12.8 Å². The van der Waals surface area contributed by atoms with Gasteiger partial charge in [-0.15, -0.1) is 0 Å². The number of oxazole rings is 1. The highest BCUT2D eigenvalue weighted by Gasteiger charge is 2.31. The molecular weight excluding hydrogens is 164 g/mol. The van der Waals surface area contributed by atoms with Crippen LogP contribution in [0.4, 0.5) is 0 Å². The zero-order valence-electron chi connectivity index (χ0n) is 8.21. The third-order valence-electron chi connectivity index (χ3n) is 2.39. The largest absolute Gasteiger partial charge is 0.444 e. The molecule has 0 aliphatic heterocycles. The molecule has 0 bridgehead atoms. The van der Waals surface area contributed by atoms with Gasteiger partial charge in [0.2, 0.25) is 5.89 Å². The molecule has 1 aliphatic rings. The van der Waals surface area contributed by atoms with Crippen molar-refractivity contribution in [3.05, 3.63) is 17.3 Å². The van der Waals surface area contributed by atoms with Gasteiger partial charge in [0.25, 0.3) is 0 Å². The van der Waals surface area contributed by atoms with Crippen molar-refractivity contribution in [1.29, 1.82) is 0 Å². The predicted molar refractivity (Wildman–Crippen MR) is 50.5 cm³/mol. The van der Waals surface area contributed by atoms with Crippen molar-refractivity contribution >= 4 is 0 Å². The van der Waals surface area contributed by atoms with E-state index in [0.29, 0.717) is 24.3 Å². The molecule has 1 heterocycles. The lowest BCUT2D eigenvalue weighted by atomic mass is 10.1. The van der Waals surface area contributed by atoms with Gasteiger partial charge in [0.15, 0.2) is 0 Å². The molecule has 72 valence electrons. The summed E-state index contributed by atoms with van der Waals surface area (Å²) < 4.78 is 5.59. The summed E-state index contributed by atoms with van der Waals surface area (Å²) in [5.74, 6) is 2.80. The maximum atomic E-state index is 5.59. The highest BCUT2D eigenvalue weighted by atomic mass is 16.4. The molecule has 1 aliphatic carbocycles. The van der Waals surface area contributed by atoms with Crippen LogP contribution in [0, 0.1) is 0 Å². The fourth-order valence-electron chi connectivity index (χ4n) is 1.54. The van der Waals surface area contributed by atoms with Crippen LogP contribution in [0.15, 0.2) is 4.42 Å². The summed E-state index contributed by atoms with van der Waals surface area (Å²) in [5, 5.41) is 0. The van der Waals surface area contributed by atoms with Crippen LogP contribution >= 0.6 is 0 Å². The lowest BCUT2D eigenvalue weighted by molar-refractivity contribution is 0.439. The predicted octanol–water partition coefficient (Wildman–Crippen LogP) is 2.13. The number of nitrogens with zero attached hydrogens (tertiary/aromatic N) is 1. The van der Waals surface area contributed by atoms with Gasteiger partial charge in [0, 0.05) is 11.8 Å².